The Hall–Kier alpha value is -0.893. The van der Waals surface area contributed by atoms with Gasteiger partial charge in [-0.05, 0) is 22.3 Å². The summed E-state index contributed by atoms with van der Waals surface area (Å²) in [5, 5.41) is 0. The molecule has 2 aromatic rings. The third-order valence-electron chi connectivity index (χ3n) is 2.35. The summed E-state index contributed by atoms with van der Waals surface area (Å²) < 4.78 is 13.1. The van der Waals surface area contributed by atoms with E-state index in [0.29, 0.717) is 6.54 Å². The maximum absolute atomic E-state index is 5.25. The maximum atomic E-state index is 5.25. The Bertz CT molecular complexity index is 517. The van der Waals surface area contributed by atoms with Gasteiger partial charge in [-0.1, -0.05) is 6.07 Å². The van der Waals surface area contributed by atoms with Crippen LogP contribution in [0.25, 0.3) is 0 Å². The van der Waals surface area contributed by atoms with Crippen LogP contribution in [0.5, 0.6) is 11.5 Å². The molecule has 90 valence electrons. The molecule has 0 amide bonds. The minimum absolute atomic E-state index is 0. The van der Waals surface area contributed by atoms with E-state index in [9.17, 15) is 0 Å². The molecule has 1 aromatic heterocycles. The number of rotatable bonds is 4. The Balaban J connectivity index is 0.00000162. The smallest absolute Gasteiger partial charge is 0.493 e. The van der Waals surface area contributed by atoms with E-state index >= 15 is 0 Å². The fourth-order valence-corrected chi connectivity index (χ4v) is 1.88. The van der Waals surface area contributed by atoms with E-state index in [1.165, 1.54) is 0 Å². The molecule has 0 fully saturated rings. The fraction of sp³-hybridized carbons (Fsp3) is 0.250. The van der Waals surface area contributed by atoms with E-state index in [0.717, 1.165) is 21.7 Å². The van der Waals surface area contributed by atoms with E-state index in [2.05, 4.69) is 27.2 Å². The molecule has 6 heteroatoms. The second-order valence-corrected chi connectivity index (χ2v) is 4.29. The molecule has 0 bridgehead atoms. The van der Waals surface area contributed by atoms with Crippen LogP contribution in [0.3, 0.4) is 0 Å². The number of methoxy groups -OCH3 is 2. The Morgan fingerprint density at radius 1 is 1.28 bits per heavy atom. The van der Waals surface area contributed by atoms with Crippen molar-refractivity contribution in [2.45, 2.75) is 6.54 Å². The van der Waals surface area contributed by atoms with E-state index < -0.39 is 0 Å². The van der Waals surface area contributed by atoms with Crippen LogP contribution in [0.4, 0.5) is 0 Å². The van der Waals surface area contributed by atoms with Crippen molar-refractivity contribution < 1.29 is 28.3 Å². The first-order valence-electron chi connectivity index (χ1n) is 5.04. The molecular weight excluding hydrogens is 291 g/mol. The van der Waals surface area contributed by atoms with Crippen LogP contribution in [0.2, 0.25) is 0 Å². The number of ether oxygens (including phenoxy) is 2. The van der Waals surface area contributed by atoms with Gasteiger partial charge in [-0.2, -0.15) is 0 Å². The second kappa shape index (κ2) is 6.88. The summed E-state index contributed by atoms with van der Waals surface area (Å²) in [5.41, 5.74) is 1.10. The molecular formula is C12H12BrLiN2O2. The molecule has 0 radical (unpaired) electrons. The van der Waals surface area contributed by atoms with Crippen molar-refractivity contribution in [3.63, 3.8) is 0 Å². The van der Waals surface area contributed by atoms with Crippen LogP contribution in [0.15, 0.2) is 29.0 Å². The predicted molar refractivity (Wildman–Crippen MR) is 67.4 cm³/mol. The van der Waals surface area contributed by atoms with Gasteiger partial charge in [-0.25, -0.2) is 0 Å². The first kappa shape index (κ1) is 15.2. The van der Waals surface area contributed by atoms with E-state index in [1.54, 1.807) is 14.2 Å². The number of nitrogens with zero attached hydrogens (tertiary/aromatic N) is 2. The number of hydrogen-bond donors (Lipinski definition) is 0. The fourth-order valence-electron chi connectivity index (χ4n) is 1.55. The Morgan fingerprint density at radius 3 is 2.56 bits per heavy atom. The van der Waals surface area contributed by atoms with Crippen LogP contribution in [0, 0.1) is 6.33 Å². The quantitative estimate of drug-likeness (QED) is 0.565. The monoisotopic (exact) mass is 302 g/mol. The number of imidazole rings is 1. The van der Waals surface area contributed by atoms with Crippen molar-refractivity contribution in [1.82, 2.24) is 9.55 Å². The van der Waals surface area contributed by atoms with Crippen LogP contribution in [0.1, 0.15) is 5.56 Å². The van der Waals surface area contributed by atoms with Crippen LogP contribution in [-0.2, 0) is 6.54 Å². The minimum Gasteiger partial charge on any atom is -0.493 e. The molecule has 0 aliphatic heterocycles. The number of hydrogen-bond acceptors (Lipinski definition) is 3. The first-order valence-corrected chi connectivity index (χ1v) is 5.83. The number of aromatic nitrogens is 2. The molecule has 0 spiro atoms. The molecule has 1 aromatic carbocycles. The summed E-state index contributed by atoms with van der Waals surface area (Å²) in [5.74, 6) is 1.45. The van der Waals surface area contributed by atoms with Crippen molar-refractivity contribution in [3.05, 3.63) is 40.9 Å². The van der Waals surface area contributed by atoms with E-state index in [1.807, 2.05) is 29.0 Å². The van der Waals surface area contributed by atoms with Crippen molar-refractivity contribution in [2.75, 3.05) is 14.2 Å². The third kappa shape index (κ3) is 3.55. The van der Waals surface area contributed by atoms with Crippen LogP contribution >= 0.6 is 15.9 Å². The molecule has 18 heavy (non-hydrogen) atoms. The van der Waals surface area contributed by atoms with Crippen LogP contribution in [-0.4, -0.2) is 23.8 Å². The average molecular weight is 303 g/mol. The summed E-state index contributed by atoms with van der Waals surface area (Å²) in [6.45, 7) is 0.693. The summed E-state index contributed by atoms with van der Waals surface area (Å²) >= 11 is 3.29. The zero-order chi connectivity index (χ0) is 12.3. The molecule has 0 unspecified atom stereocenters. The maximum Gasteiger partial charge on any atom is 1.00 e. The summed E-state index contributed by atoms with van der Waals surface area (Å²) in [7, 11) is 3.25. The topological polar surface area (TPSA) is 36.3 Å². The second-order valence-electron chi connectivity index (χ2n) is 3.48. The Kier molecular flexibility index (Phi) is 5.80. The van der Waals surface area contributed by atoms with Gasteiger partial charge < -0.3 is 19.0 Å². The first-order chi connectivity index (χ1) is 8.22. The van der Waals surface area contributed by atoms with Gasteiger partial charge in [0, 0.05) is 12.9 Å². The zero-order valence-electron chi connectivity index (χ0n) is 10.6. The molecule has 0 saturated carbocycles. The predicted octanol–water partition coefficient (Wildman–Crippen LogP) is -0.485. The van der Waals surface area contributed by atoms with Gasteiger partial charge in [0.15, 0.2) is 11.5 Å². The van der Waals surface area contributed by atoms with Gasteiger partial charge in [-0.3, -0.25) is 0 Å². The standard InChI is InChI=1S/C12H12BrN2O2.Li/c1-16-10-4-3-9(5-11(10)17-2)6-15-7-12(13)14-8-15;/h3-5,7H,6H2,1-2H3;/q-1;+1. The van der Waals surface area contributed by atoms with Gasteiger partial charge >= 0.3 is 18.9 Å². The molecule has 0 saturated heterocycles. The van der Waals surface area contributed by atoms with Crippen LogP contribution < -0.4 is 28.3 Å². The minimum atomic E-state index is 0. The normalized spacial score (nSPS) is 9.72. The van der Waals surface area contributed by atoms with Gasteiger partial charge in [0.05, 0.1) is 14.2 Å². The third-order valence-corrected chi connectivity index (χ3v) is 2.73. The average Bonchev–Trinajstić information content (AvgIpc) is 2.74. The van der Waals surface area contributed by atoms with Gasteiger partial charge in [0.25, 0.3) is 0 Å². The van der Waals surface area contributed by atoms with E-state index in [4.69, 9.17) is 9.47 Å². The van der Waals surface area contributed by atoms with Crippen molar-refractivity contribution in [3.8, 4) is 11.5 Å². The summed E-state index contributed by atoms with van der Waals surface area (Å²) in [6.07, 6.45) is 4.74. The number of halogens is 1. The van der Waals surface area contributed by atoms with Crippen molar-refractivity contribution in [2.24, 2.45) is 0 Å². The van der Waals surface area contributed by atoms with Gasteiger partial charge in [0.1, 0.15) is 0 Å². The Morgan fingerprint density at radius 2 is 2.00 bits per heavy atom. The largest absolute Gasteiger partial charge is 1.00 e. The molecule has 4 nitrogen and oxygen atoms in total. The summed E-state index contributed by atoms with van der Waals surface area (Å²) in [4.78, 5) is 3.99. The molecule has 0 atom stereocenters. The number of benzene rings is 1. The van der Waals surface area contributed by atoms with Crippen molar-refractivity contribution in [1.29, 1.82) is 0 Å². The molecule has 0 aliphatic rings. The van der Waals surface area contributed by atoms with E-state index in [-0.39, 0.29) is 18.9 Å². The van der Waals surface area contributed by atoms with Gasteiger partial charge in [0.2, 0.25) is 0 Å². The summed E-state index contributed by atoms with van der Waals surface area (Å²) in [6, 6.07) is 5.82. The molecule has 0 aliphatic carbocycles. The SMILES string of the molecule is COc1ccc(Cn2[c-]nc(Br)c2)cc1OC.[Li+]. The molecule has 2 rings (SSSR count). The van der Waals surface area contributed by atoms with Crippen molar-refractivity contribution >= 4 is 15.9 Å². The zero-order valence-corrected chi connectivity index (χ0v) is 12.2. The Labute approximate surface area is 127 Å². The molecule has 1 heterocycles. The molecule has 0 N–H and O–H groups in total. The van der Waals surface area contributed by atoms with Gasteiger partial charge in [-0.15, -0.1) is 22.1 Å².